The van der Waals surface area contributed by atoms with Crippen molar-refractivity contribution in [2.24, 2.45) is 0 Å². The van der Waals surface area contributed by atoms with E-state index in [9.17, 15) is 4.79 Å². The van der Waals surface area contributed by atoms with Crippen LogP contribution in [-0.2, 0) is 9.53 Å². The number of rotatable bonds is 8. The van der Waals surface area contributed by atoms with Crippen molar-refractivity contribution in [3.63, 3.8) is 0 Å². The fourth-order valence-electron chi connectivity index (χ4n) is 1.07. The second-order valence-corrected chi connectivity index (χ2v) is 2.72. The Morgan fingerprint density at radius 3 is 2.67 bits per heavy atom. The standard InChI is InChI=1S/C9H17O3/c1-2-5-9(12-8-11)6-3-4-7-10/h8-10H,1-7H2. The highest BCUT2D eigenvalue weighted by Gasteiger charge is 2.06. The Bertz CT molecular complexity index is 104. The van der Waals surface area contributed by atoms with Crippen LogP contribution >= 0.6 is 0 Å². The first-order chi connectivity index (χ1) is 5.85. The van der Waals surface area contributed by atoms with E-state index in [1.54, 1.807) is 0 Å². The molecule has 0 heterocycles. The monoisotopic (exact) mass is 173 g/mol. The van der Waals surface area contributed by atoms with E-state index in [1.165, 1.54) is 0 Å². The molecule has 0 aliphatic rings. The third kappa shape index (κ3) is 6.16. The Morgan fingerprint density at radius 2 is 2.17 bits per heavy atom. The van der Waals surface area contributed by atoms with Gasteiger partial charge in [-0.05, 0) is 32.1 Å². The number of carbonyl (C=O) groups excluding carboxylic acids is 1. The molecule has 3 heteroatoms. The van der Waals surface area contributed by atoms with E-state index in [4.69, 9.17) is 9.84 Å². The molecule has 0 amide bonds. The summed E-state index contributed by atoms with van der Waals surface area (Å²) >= 11 is 0. The van der Waals surface area contributed by atoms with Gasteiger partial charge in [-0.3, -0.25) is 4.79 Å². The first-order valence-corrected chi connectivity index (χ1v) is 4.34. The van der Waals surface area contributed by atoms with Gasteiger partial charge in [-0.15, -0.1) is 0 Å². The van der Waals surface area contributed by atoms with E-state index in [0.29, 0.717) is 6.47 Å². The van der Waals surface area contributed by atoms with Gasteiger partial charge in [0.25, 0.3) is 6.47 Å². The van der Waals surface area contributed by atoms with Crippen LogP contribution in [0.2, 0.25) is 0 Å². The van der Waals surface area contributed by atoms with Gasteiger partial charge in [0.05, 0.1) is 0 Å². The van der Waals surface area contributed by atoms with Crippen molar-refractivity contribution >= 4 is 6.47 Å². The molecule has 0 aromatic carbocycles. The lowest BCUT2D eigenvalue weighted by molar-refractivity contribution is -0.134. The summed E-state index contributed by atoms with van der Waals surface area (Å²) < 4.78 is 4.83. The smallest absolute Gasteiger partial charge is 0.293 e. The van der Waals surface area contributed by atoms with E-state index in [-0.39, 0.29) is 12.7 Å². The fourth-order valence-corrected chi connectivity index (χ4v) is 1.07. The summed E-state index contributed by atoms with van der Waals surface area (Å²) in [6, 6.07) is 0. The van der Waals surface area contributed by atoms with E-state index in [1.807, 2.05) is 0 Å². The first-order valence-electron chi connectivity index (χ1n) is 4.34. The lowest BCUT2D eigenvalue weighted by atomic mass is 10.1. The molecular weight excluding hydrogens is 156 g/mol. The van der Waals surface area contributed by atoms with Crippen LogP contribution in [0.4, 0.5) is 0 Å². The van der Waals surface area contributed by atoms with Crippen LogP contribution in [0.1, 0.15) is 32.1 Å². The van der Waals surface area contributed by atoms with Gasteiger partial charge in [0.15, 0.2) is 0 Å². The summed E-state index contributed by atoms with van der Waals surface area (Å²) in [6.07, 6.45) is 4.08. The second-order valence-electron chi connectivity index (χ2n) is 2.72. The topological polar surface area (TPSA) is 46.5 Å². The van der Waals surface area contributed by atoms with Crippen molar-refractivity contribution in [2.45, 2.75) is 38.2 Å². The van der Waals surface area contributed by atoms with Gasteiger partial charge in [-0.2, -0.15) is 0 Å². The van der Waals surface area contributed by atoms with Crippen LogP contribution in [0.15, 0.2) is 0 Å². The van der Waals surface area contributed by atoms with Crippen LogP contribution in [0.3, 0.4) is 0 Å². The first kappa shape index (κ1) is 11.4. The summed E-state index contributed by atoms with van der Waals surface area (Å²) in [7, 11) is 0. The maximum atomic E-state index is 10.0. The SMILES string of the molecule is [CH2]CCC(CCCCO)OC=O. The maximum Gasteiger partial charge on any atom is 0.293 e. The van der Waals surface area contributed by atoms with Crippen molar-refractivity contribution in [1.82, 2.24) is 0 Å². The summed E-state index contributed by atoms with van der Waals surface area (Å²) in [6.45, 7) is 4.38. The molecule has 0 saturated carbocycles. The Hall–Kier alpha value is -0.570. The highest BCUT2D eigenvalue weighted by Crippen LogP contribution is 2.09. The molecule has 1 atom stereocenters. The minimum absolute atomic E-state index is 0.00782. The number of ether oxygens (including phenoxy) is 1. The minimum Gasteiger partial charge on any atom is -0.465 e. The average molecular weight is 173 g/mol. The molecule has 1 unspecified atom stereocenters. The van der Waals surface area contributed by atoms with E-state index < -0.39 is 0 Å². The van der Waals surface area contributed by atoms with Gasteiger partial charge in [-0.1, -0.05) is 6.92 Å². The molecule has 0 aromatic rings. The van der Waals surface area contributed by atoms with Crippen LogP contribution in [0.25, 0.3) is 0 Å². The van der Waals surface area contributed by atoms with E-state index >= 15 is 0 Å². The molecular formula is C9H17O3. The molecule has 0 aliphatic carbocycles. The van der Waals surface area contributed by atoms with E-state index in [0.717, 1.165) is 32.1 Å². The molecule has 0 aromatic heterocycles. The summed E-state index contributed by atoms with van der Waals surface area (Å²) in [4.78, 5) is 10.0. The van der Waals surface area contributed by atoms with E-state index in [2.05, 4.69) is 6.92 Å². The zero-order valence-corrected chi connectivity index (χ0v) is 7.37. The molecule has 3 nitrogen and oxygen atoms in total. The molecule has 0 fully saturated rings. The molecule has 71 valence electrons. The number of hydrogen-bond acceptors (Lipinski definition) is 3. The van der Waals surface area contributed by atoms with Crippen LogP contribution < -0.4 is 0 Å². The van der Waals surface area contributed by atoms with Crippen molar-refractivity contribution in [1.29, 1.82) is 0 Å². The minimum atomic E-state index is -0.00782. The second kappa shape index (κ2) is 8.53. The normalized spacial score (nSPS) is 12.5. The Labute approximate surface area is 73.7 Å². The lowest BCUT2D eigenvalue weighted by Crippen LogP contribution is -2.11. The van der Waals surface area contributed by atoms with Crippen molar-refractivity contribution < 1.29 is 14.6 Å². The quantitative estimate of drug-likeness (QED) is 0.444. The zero-order valence-electron chi connectivity index (χ0n) is 7.37. The molecule has 0 bridgehead atoms. The number of unbranched alkanes of at least 4 members (excludes halogenated alkanes) is 1. The third-order valence-electron chi connectivity index (χ3n) is 1.71. The van der Waals surface area contributed by atoms with Gasteiger partial charge >= 0.3 is 0 Å². The van der Waals surface area contributed by atoms with Gasteiger partial charge in [0, 0.05) is 6.61 Å². The highest BCUT2D eigenvalue weighted by atomic mass is 16.5. The summed E-state index contributed by atoms with van der Waals surface area (Å²) in [5, 5.41) is 8.52. The predicted octanol–water partition coefficient (Wildman–Crippen LogP) is 1.30. The van der Waals surface area contributed by atoms with Crippen LogP contribution in [0.5, 0.6) is 0 Å². The molecule has 0 spiro atoms. The van der Waals surface area contributed by atoms with Crippen molar-refractivity contribution in [3.05, 3.63) is 6.92 Å². The van der Waals surface area contributed by atoms with Crippen molar-refractivity contribution in [3.8, 4) is 0 Å². The molecule has 12 heavy (non-hydrogen) atoms. The number of hydrogen-bond donors (Lipinski definition) is 1. The molecule has 1 N–H and O–H groups in total. The number of carbonyl (C=O) groups is 1. The van der Waals surface area contributed by atoms with Gasteiger partial charge in [-0.25, -0.2) is 0 Å². The molecule has 0 rings (SSSR count). The average Bonchev–Trinajstić information content (AvgIpc) is 2.06. The molecule has 0 aliphatic heterocycles. The molecule has 1 radical (unpaired) electrons. The predicted molar refractivity (Wildman–Crippen MR) is 46.5 cm³/mol. The number of aliphatic hydroxyl groups excluding tert-OH is 1. The fraction of sp³-hybridized carbons (Fsp3) is 0.778. The zero-order chi connectivity index (χ0) is 9.23. The summed E-state index contributed by atoms with van der Waals surface area (Å²) in [5.41, 5.74) is 0. The Morgan fingerprint density at radius 1 is 1.42 bits per heavy atom. The van der Waals surface area contributed by atoms with Gasteiger partial charge < -0.3 is 9.84 Å². The lowest BCUT2D eigenvalue weighted by Gasteiger charge is -2.12. The van der Waals surface area contributed by atoms with Gasteiger partial charge in [0.2, 0.25) is 0 Å². The molecule has 0 saturated heterocycles. The highest BCUT2D eigenvalue weighted by molar-refractivity contribution is 5.37. The Kier molecular flexibility index (Phi) is 8.12. The number of aliphatic hydroxyl groups is 1. The third-order valence-corrected chi connectivity index (χ3v) is 1.71. The largest absolute Gasteiger partial charge is 0.465 e. The van der Waals surface area contributed by atoms with Gasteiger partial charge in [0.1, 0.15) is 6.10 Å². The van der Waals surface area contributed by atoms with Crippen molar-refractivity contribution in [2.75, 3.05) is 6.61 Å². The maximum absolute atomic E-state index is 10.0. The van der Waals surface area contributed by atoms with Crippen LogP contribution in [-0.4, -0.2) is 24.3 Å². The van der Waals surface area contributed by atoms with Crippen LogP contribution in [0, 0.1) is 6.92 Å². The Balaban J connectivity index is 3.40. The summed E-state index contributed by atoms with van der Waals surface area (Å²) in [5.74, 6) is 0.